The number of ether oxygens (including phenoxy) is 1. The quantitative estimate of drug-likeness (QED) is 0.380. The van der Waals surface area contributed by atoms with E-state index in [-0.39, 0.29) is 35.5 Å². The second-order valence-corrected chi connectivity index (χ2v) is 4.79. The van der Waals surface area contributed by atoms with Crippen molar-refractivity contribution in [1.29, 1.82) is 0 Å². The van der Waals surface area contributed by atoms with Gasteiger partial charge < -0.3 is 28.7 Å². The lowest BCUT2D eigenvalue weighted by Crippen LogP contribution is -3.00. The Balaban J connectivity index is 0.00000144. The highest BCUT2D eigenvalue weighted by Crippen LogP contribution is 2.19. The van der Waals surface area contributed by atoms with Gasteiger partial charge in [-0.25, -0.2) is 9.36 Å². The van der Waals surface area contributed by atoms with Crippen LogP contribution in [0.25, 0.3) is 0 Å². The van der Waals surface area contributed by atoms with E-state index < -0.39 is 0 Å². The second kappa shape index (κ2) is 5.34. The van der Waals surface area contributed by atoms with Crippen LogP contribution in [0.1, 0.15) is 13.8 Å². The summed E-state index contributed by atoms with van der Waals surface area (Å²) < 4.78 is 8.85. The van der Waals surface area contributed by atoms with Gasteiger partial charge in [-0.15, -0.1) is 0 Å². The number of morpholine rings is 1. The lowest BCUT2D eigenvalue weighted by Gasteiger charge is -2.40. The number of carbonyl (C=O) groups is 1. The molecule has 17 heavy (non-hydrogen) atoms. The molecule has 96 valence electrons. The number of nitrogens with zero attached hydrogens (tertiary/aromatic N) is 3. The van der Waals surface area contributed by atoms with Crippen LogP contribution in [-0.4, -0.2) is 40.8 Å². The molecule has 0 atom stereocenters. The van der Waals surface area contributed by atoms with E-state index in [0.29, 0.717) is 19.8 Å². The first-order valence-corrected chi connectivity index (χ1v) is 5.44. The van der Waals surface area contributed by atoms with Crippen LogP contribution in [0, 0.1) is 0 Å². The molecule has 0 aliphatic carbocycles. The Bertz CT molecular complexity index is 403. The largest absolute Gasteiger partial charge is 1.00 e. The summed E-state index contributed by atoms with van der Waals surface area (Å²) in [4.78, 5) is 14.1. The highest BCUT2D eigenvalue weighted by molar-refractivity contribution is 5.77. The van der Waals surface area contributed by atoms with Crippen molar-refractivity contribution < 1.29 is 38.1 Å². The highest BCUT2D eigenvalue weighted by Gasteiger charge is 2.37. The van der Waals surface area contributed by atoms with Crippen LogP contribution in [0.4, 0.5) is 4.79 Å². The first kappa shape index (κ1) is 14.4. The summed E-state index contributed by atoms with van der Waals surface area (Å²) in [6.45, 7) is 5.89. The van der Waals surface area contributed by atoms with Gasteiger partial charge in [0.25, 0.3) is 6.33 Å². The van der Waals surface area contributed by atoms with Gasteiger partial charge in [-0.1, -0.05) is 0 Å². The van der Waals surface area contributed by atoms with E-state index in [9.17, 15) is 4.79 Å². The van der Waals surface area contributed by atoms with E-state index >= 15 is 0 Å². The molecule has 2 rings (SSSR count). The third kappa shape index (κ3) is 2.98. The number of hydrogen-bond acceptors (Lipinski definition) is 2. The van der Waals surface area contributed by atoms with Crippen LogP contribution in [0.2, 0.25) is 0 Å². The number of halogens is 1. The van der Waals surface area contributed by atoms with Crippen LogP contribution < -0.4 is 28.5 Å². The number of imidazole rings is 1. The highest BCUT2D eigenvalue weighted by atomic mass is 127. The summed E-state index contributed by atoms with van der Waals surface area (Å²) in [5, 5.41) is 0. The number of rotatable bonds is 0. The van der Waals surface area contributed by atoms with Crippen molar-refractivity contribution in [3.63, 3.8) is 0 Å². The number of aromatic nitrogens is 2. The van der Waals surface area contributed by atoms with Gasteiger partial charge >= 0.3 is 6.03 Å². The summed E-state index contributed by atoms with van der Waals surface area (Å²) in [6.07, 6.45) is 5.40. The minimum absolute atomic E-state index is 0. The fourth-order valence-corrected chi connectivity index (χ4v) is 1.92. The maximum absolute atomic E-state index is 12.2. The molecule has 1 fully saturated rings. The smallest absolute Gasteiger partial charge is 0.416 e. The fourth-order valence-electron chi connectivity index (χ4n) is 1.92. The third-order valence-electron chi connectivity index (χ3n) is 2.87. The van der Waals surface area contributed by atoms with Gasteiger partial charge in [-0.3, -0.25) is 4.90 Å². The Kier molecular flexibility index (Phi) is 4.54. The molecule has 1 amide bonds. The van der Waals surface area contributed by atoms with Gasteiger partial charge in [-0.2, -0.15) is 4.57 Å². The van der Waals surface area contributed by atoms with E-state index in [0.717, 1.165) is 0 Å². The SMILES string of the molecule is C[n+]1ccn(C(=O)N2CCOCC2(C)C)c1.[I-]. The lowest BCUT2D eigenvalue weighted by atomic mass is 10.0. The minimum atomic E-state index is -0.238. The van der Waals surface area contributed by atoms with Crippen molar-refractivity contribution in [2.45, 2.75) is 19.4 Å². The molecule has 5 nitrogen and oxygen atoms in total. The molecule has 0 unspecified atom stereocenters. The van der Waals surface area contributed by atoms with Gasteiger partial charge in [0.2, 0.25) is 0 Å². The van der Waals surface area contributed by atoms with E-state index in [4.69, 9.17) is 4.74 Å². The van der Waals surface area contributed by atoms with Gasteiger partial charge in [0.1, 0.15) is 12.4 Å². The van der Waals surface area contributed by atoms with Crippen molar-refractivity contribution >= 4 is 6.03 Å². The molecule has 1 aromatic rings. The number of hydrogen-bond donors (Lipinski definition) is 0. The average Bonchev–Trinajstić information content (AvgIpc) is 2.63. The first-order valence-electron chi connectivity index (χ1n) is 5.44. The van der Waals surface area contributed by atoms with E-state index in [1.807, 2.05) is 36.6 Å². The maximum atomic E-state index is 12.2. The molecule has 0 saturated carbocycles. The van der Waals surface area contributed by atoms with Crippen LogP contribution in [0.15, 0.2) is 18.7 Å². The molecule has 1 aliphatic rings. The first-order chi connectivity index (χ1) is 7.50. The van der Waals surface area contributed by atoms with E-state index in [2.05, 4.69) is 0 Å². The predicted molar refractivity (Wildman–Crippen MR) is 58.0 cm³/mol. The van der Waals surface area contributed by atoms with Crippen LogP contribution in [0.5, 0.6) is 0 Å². The van der Waals surface area contributed by atoms with Gasteiger partial charge in [0.05, 0.1) is 25.8 Å². The molecule has 0 spiro atoms. The predicted octanol–water partition coefficient (Wildman–Crippen LogP) is -2.60. The second-order valence-electron chi connectivity index (χ2n) is 4.79. The van der Waals surface area contributed by atoms with Crippen LogP contribution >= 0.6 is 0 Å². The van der Waals surface area contributed by atoms with Crippen molar-refractivity contribution in [2.24, 2.45) is 7.05 Å². The Morgan fingerprint density at radius 3 is 2.71 bits per heavy atom. The molecule has 0 N–H and O–H groups in total. The average molecular weight is 351 g/mol. The maximum Gasteiger partial charge on any atom is 0.416 e. The Labute approximate surface area is 118 Å². The third-order valence-corrected chi connectivity index (χ3v) is 2.87. The number of carbonyl (C=O) groups excluding carboxylic acids is 1. The standard InChI is InChI=1S/C11H18N3O2.HI/c1-11(2)8-16-7-6-14(11)10(15)13-5-4-12(3)9-13;/h4-5,9H,6-8H2,1-3H3;1H/q+1;/p-1. The van der Waals surface area contributed by atoms with Crippen molar-refractivity contribution in [3.8, 4) is 0 Å². The molecule has 6 heteroatoms. The summed E-state index contributed by atoms with van der Waals surface area (Å²) in [7, 11) is 1.90. The topological polar surface area (TPSA) is 38.3 Å². The zero-order valence-corrected chi connectivity index (χ0v) is 12.5. The molecular formula is C11H18IN3O2. The van der Waals surface area contributed by atoms with E-state index in [1.54, 1.807) is 17.1 Å². The van der Waals surface area contributed by atoms with Gasteiger partial charge in [0, 0.05) is 6.54 Å². The Morgan fingerprint density at radius 2 is 2.18 bits per heavy atom. The molecule has 1 aliphatic heterocycles. The molecule has 0 bridgehead atoms. The number of aryl methyl sites for hydroxylation is 1. The monoisotopic (exact) mass is 351 g/mol. The van der Waals surface area contributed by atoms with Crippen LogP contribution in [-0.2, 0) is 11.8 Å². The van der Waals surface area contributed by atoms with Crippen molar-refractivity contribution in [3.05, 3.63) is 18.7 Å². The molecule has 1 aromatic heterocycles. The van der Waals surface area contributed by atoms with Crippen molar-refractivity contribution in [2.75, 3.05) is 19.8 Å². The zero-order valence-electron chi connectivity index (χ0n) is 10.4. The summed E-state index contributed by atoms with van der Waals surface area (Å²) in [6, 6.07) is 0.00824. The molecule has 1 saturated heterocycles. The minimum Gasteiger partial charge on any atom is -1.00 e. The zero-order chi connectivity index (χ0) is 11.8. The number of amides is 1. The molecular weight excluding hydrogens is 333 g/mol. The molecule has 0 aromatic carbocycles. The van der Waals surface area contributed by atoms with E-state index in [1.165, 1.54) is 0 Å². The Morgan fingerprint density at radius 1 is 1.47 bits per heavy atom. The normalized spacial score (nSPS) is 18.6. The summed E-state index contributed by atoms with van der Waals surface area (Å²) in [5.74, 6) is 0. The van der Waals surface area contributed by atoms with Gasteiger partial charge in [-0.05, 0) is 13.8 Å². The molecule has 2 heterocycles. The van der Waals surface area contributed by atoms with Crippen molar-refractivity contribution in [1.82, 2.24) is 9.47 Å². The van der Waals surface area contributed by atoms with Gasteiger partial charge in [0.15, 0.2) is 0 Å². The lowest BCUT2D eigenvalue weighted by molar-refractivity contribution is -0.670. The Hall–Kier alpha value is -0.630. The molecule has 0 radical (unpaired) electrons. The van der Waals surface area contributed by atoms with Crippen LogP contribution in [0.3, 0.4) is 0 Å². The summed E-state index contributed by atoms with van der Waals surface area (Å²) in [5.41, 5.74) is -0.238. The fraction of sp³-hybridized carbons (Fsp3) is 0.636. The summed E-state index contributed by atoms with van der Waals surface area (Å²) >= 11 is 0.